The first kappa shape index (κ1) is 27.5. The summed E-state index contributed by atoms with van der Waals surface area (Å²) < 4.78 is 53.5. The minimum absolute atomic E-state index is 0.0149. The highest BCUT2D eigenvalue weighted by atomic mass is 19.4. The van der Waals surface area contributed by atoms with Crippen LogP contribution in [0.25, 0.3) is 0 Å². The van der Waals surface area contributed by atoms with Crippen molar-refractivity contribution in [1.29, 1.82) is 0 Å². The van der Waals surface area contributed by atoms with Crippen LogP contribution in [0.2, 0.25) is 0 Å². The van der Waals surface area contributed by atoms with E-state index in [2.05, 4.69) is 10.3 Å². The molecule has 7 nitrogen and oxygen atoms in total. The van der Waals surface area contributed by atoms with Gasteiger partial charge in [0.1, 0.15) is 11.9 Å². The SMILES string of the molecule is CC(C)[C@@H](NC(=O)c1cc(C(F)(F)F)ccc1F)C(=O)N1CCC2(CC1)CN(C)C(=O)C2c1ccccn1. The highest BCUT2D eigenvalue weighted by Gasteiger charge is 2.54. The molecule has 3 heterocycles. The zero-order chi connectivity index (χ0) is 27.8. The number of halogens is 4. The molecular formula is C27H30F4N4O3. The number of likely N-dealkylation sites (tertiary alicyclic amines) is 2. The number of hydrogen-bond donors (Lipinski definition) is 1. The highest BCUT2D eigenvalue weighted by Crippen LogP contribution is 2.49. The molecule has 0 saturated carbocycles. The Morgan fingerprint density at radius 2 is 1.82 bits per heavy atom. The van der Waals surface area contributed by atoms with Crippen LogP contribution in [-0.2, 0) is 15.8 Å². The third kappa shape index (κ3) is 5.23. The predicted molar refractivity (Wildman–Crippen MR) is 130 cm³/mol. The molecule has 2 aliphatic heterocycles. The topological polar surface area (TPSA) is 82.6 Å². The molecule has 1 aromatic heterocycles. The van der Waals surface area contributed by atoms with Gasteiger partial charge in [-0.1, -0.05) is 19.9 Å². The summed E-state index contributed by atoms with van der Waals surface area (Å²) in [4.78, 5) is 47.0. The number of amides is 3. The van der Waals surface area contributed by atoms with Crippen LogP contribution in [0.3, 0.4) is 0 Å². The van der Waals surface area contributed by atoms with Crippen LogP contribution in [0.4, 0.5) is 17.6 Å². The molecule has 3 amide bonds. The monoisotopic (exact) mass is 534 g/mol. The van der Waals surface area contributed by atoms with Crippen molar-refractivity contribution in [3.63, 3.8) is 0 Å². The second-order valence-corrected chi connectivity index (χ2v) is 10.5. The lowest BCUT2D eigenvalue weighted by molar-refractivity contribution is -0.138. The number of nitrogens with zero attached hydrogens (tertiary/aromatic N) is 3. The minimum Gasteiger partial charge on any atom is -0.345 e. The lowest BCUT2D eigenvalue weighted by Crippen LogP contribution is -2.55. The number of likely N-dealkylation sites (N-methyl/N-ethyl adjacent to an activating group) is 1. The maximum atomic E-state index is 14.3. The zero-order valence-corrected chi connectivity index (χ0v) is 21.4. The molecule has 1 spiro atoms. The van der Waals surface area contributed by atoms with Crippen LogP contribution in [0.15, 0.2) is 42.6 Å². The molecule has 1 aromatic carbocycles. The van der Waals surface area contributed by atoms with Gasteiger partial charge >= 0.3 is 6.18 Å². The molecule has 0 aliphatic carbocycles. The van der Waals surface area contributed by atoms with E-state index < -0.39 is 58.2 Å². The van der Waals surface area contributed by atoms with E-state index >= 15 is 0 Å². The van der Waals surface area contributed by atoms with E-state index in [4.69, 9.17) is 0 Å². The Morgan fingerprint density at radius 3 is 2.39 bits per heavy atom. The zero-order valence-electron chi connectivity index (χ0n) is 21.4. The fourth-order valence-electron chi connectivity index (χ4n) is 5.53. The van der Waals surface area contributed by atoms with E-state index in [1.165, 1.54) is 0 Å². The molecular weight excluding hydrogens is 504 g/mol. The van der Waals surface area contributed by atoms with E-state index in [9.17, 15) is 31.9 Å². The smallest absolute Gasteiger partial charge is 0.345 e. The quantitative estimate of drug-likeness (QED) is 0.591. The summed E-state index contributed by atoms with van der Waals surface area (Å²) in [5, 5.41) is 2.45. The van der Waals surface area contributed by atoms with Gasteiger partial charge < -0.3 is 15.1 Å². The number of carbonyl (C=O) groups is 3. The number of benzene rings is 1. The molecule has 2 aromatic rings. The van der Waals surface area contributed by atoms with E-state index in [1.807, 2.05) is 12.1 Å². The van der Waals surface area contributed by atoms with Gasteiger partial charge in [-0.05, 0) is 49.1 Å². The molecule has 2 saturated heterocycles. The molecule has 38 heavy (non-hydrogen) atoms. The summed E-state index contributed by atoms with van der Waals surface area (Å²) in [6, 6.07) is 5.98. The molecule has 204 valence electrons. The van der Waals surface area contributed by atoms with Gasteiger partial charge in [0.15, 0.2) is 0 Å². The number of carbonyl (C=O) groups excluding carboxylic acids is 3. The fraction of sp³-hybridized carbons (Fsp3) is 0.481. The van der Waals surface area contributed by atoms with E-state index in [-0.39, 0.29) is 5.91 Å². The second kappa shape index (κ2) is 10.3. The molecule has 2 fully saturated rings. The van der Waals surface area contributed by atoms with Gasteiger partial charge in [0.2, 0.25) is 11.8 Å². The summed E-state index contributed by atoms with van der Waals surface area (Å²) in [5.74, 6) is -3.44. The summed E-state index contributed by atoms with van der Waals surface area (Å²) in [6.45, 7) is 4.59. The molecule has 0 bridgehead atoms. The van der Waals surface area contributed by atoms with E-state index in [1.54, 1.807) is 43.0 Å². The van der Waals surface area contributed by atoms with Crippen LogP contribution in [0, 0.1) is 17.2 Å². The fourth-order valence-corrected chi connectivity index (χ4v) is 5.53. The van der Waals surface area contributed by atoms with Crippen molar-refractivity contribution < 1.29 is 31.9 Å². The molecule has 4 rings (SSSR count). The third-order valence-electron chi connectivity index (χ3n) is 7.60. The molecule has 2 atom stereocenters. The Balaban J connectivity index is 1.49. The molecule has 2 aliphatic rings. The van der Waals surface area contributed by atoms with Crippen LogP contribution < -0.4 is 5.32 Å². The van der Waals surface area contributed by atoms with Crippen molar-refractivity contribution in [3.8, 4) is 0 Å². The van der Waals surface area contributed by atoms with Crippen molar-refractivity contribution in [2.75, 3.05) is 26.7 Å². The minimum atomic E-state index is -4.75. The summed E-state index contributed by atoms with van der Waals surface area (Å²) in [6.07, 6.45) is -2.02. The van der Waals surface area contributed by atoms with Gasteiger partial charge in [-0.2, -0.15) is 13.2 Å². The lowest BCUT2D eigenvalue weighted by Gasteiger charge is -2.42. The van der Waals surface area contributed by atoms with Crippen molar-refractivity contribution in [2.24, 2.45) is 11.3 Å². The lowest BCUT2D eigenvalue weighted by atomic mass is 9.69. The third-order valence-corrected chi connectivity index (χ3v) is 7.60. The number of alkyl halides is 3. The largest absolute Gasteiger partial charge is 0.416 e. The predicted octanol–water partition coefficient (Wildman–Crippen LogP) is 3.86. The van der Waals surface area contributed by atoms with Crippen LogP contribution in [-0.4, -0.2) is 65.2 Å². The molecule has 1 unspecified atom stereocenters. The first-order valence-corrected chi connectivity index (χ1v) is 12.5. The number of hydrogen-bond acceptors (Lipinski definition) is 4. The average molecular weight is 535 g/mol. The maximum Gasteiger partial charge on any atom is 0.416 e. The summed E-state index contributed by atoms with van der Waals surface area (Å²) in [5.41, 5.74) is -1.63. The number of nitrogens with one attached hydrogen (secondary N) is 1. The number of aromatic nitrogens is 1. The number of pyridine rings is 1. The van der Waals surface area contributed by atoms with Crippen molar-refractivity contribution in [3.05, 3.63) is 65.2 Å². The number of rotatable bonds is 5. The maximum absolute atomic E-state index is 14.3. The Bertz CT molecular complexity index is 1210. The van der Waals surface area contributed by atoms with Gasteiger partial charge in [-0.3, -0.25) is 19.4 Å². The van der Waals surface area contributed by atoms with Crippen molar-refractivity contribution in [1.82, 2.24) is 20.1 Å². The van der Waals surface area contributed by atoms with Gasteiger partial charge in [0.05, 0.1) is 22.7 Å². The standard InChI is InChI=1S/C27H30F4N4O3/c1-16(2)22(33-23(36)18-14-17(27(29,30)31)7-8-19(18)28)25(38)35-12-9-26(10-13-35)15-34(3)24(37)21(26)20-6-4-5-11-32-20/h4-8,11,14,16,21-22H,9-10,12-13,15H2,1-3H3,(H,33,36)/t21?,22-/m1/s1. The molecule has 11 heteroatoms. The molecule has 0 radical (unpaired) electrons. The Morgan fingerprint density at radius 1 is 1.13 bits per heavy atom. The van der Waals surface area contributed by atoms with Gasteiger partial charge in [-0.25, -0.2) is 4.39 Å². The first-order chi connectivity index (χ1) is 17.8. The van der Waals surface area contributed by atoms with Gasteiger partial charge in [0, 0.05) is 38.3 Å². The van der Waals surface area contributed by atoms with Crippen LogP contribution in [0.5, 0.6) is 0 Å². The normalized spacial score (nSPS) is 20.2. The Labute approximate surface area is 218 Å². The number of piperidine rings is 1. The first-order valence-electron chi connectivity index (χ1n) is 12.5. The van der Waals surface area contributed by atoms with Crippen LogP contribution >= 0.6 is 0 Å². The second-order valence-electron chi connectivity index (χ2n) is 10.5. The van der Waals surface area contributed by atoms with E-state index in [0.29, 0.717) is 56.4 Å². The van der Waals surface area contributed by atoms with Crippen LogP contribution in [0.1, 0.15) is 54.2 Å². The Hall–Kier alpha value is -3.50. The Kier molecular flexibility index (Phi) is 7.49. The summed E-state index contributed by atoms with van der Waals surface area (Å²) in [7, 11) is 1.75. The van der Waals surface area contributed by atoms with Crippen molar-refractivity contribution >= 4 is 17.7 Å². The van der Waals surface area contributed by atoms with Gasteiger partial charge in [-0.15, -0.1) is 0 Å². The van der Waals surface area contributed by atoms with Gasteiger partial charge in [0.25, 0.3) is 5.91 Å². The average Bonchev–Trinajstić information content (AvgIpc) is 3.11. The summed E-state index contributed by atoms with van der Waals surface area (Å²) >= 11 is 0. The van der Waals surface area contributed by atoms with E-state index in [0.717, 1.165) is 0 Å². The molecule has 1 N–H and O–H groups in total. The highest BCUT2D eigenvalue weighted by molar-refractivity contribution is 5.98. The van der Waals surface area contributed by atoms with Crippen molar-refractivity contribution in [2.45, 2.75) is 44.8 Å².